The number of carbonyl (C=O) groups excluding carboxylic acids is 8. The summed E-state index contributed by atoms with van der Waals surface area (Å²) in [6.45, 7) is 1.03. The third-order valence-corrected chi connectivity index (χ3v) is 7.81. The van der Waals surface area contributed by atoms with E-state index in [0.29, 0.717) is 0 Å². The Morgan fingerprint density at radius 1 is 0.480 bits per heavy atom. The minimum atomic E-state index is -0.931. The number of rotatable bonds is 9. The third-order valence-electron chi connectivity index (χ3n) is 7.81. The Morgan fingerprint density at radius 2 is 0.840 bits per heavy atom. The standard InChI is InChI=1S/C36H24N2O12/c1-3-48-35(45)21-8-14-25-27(16-21)31(41)37(29(25)39)23-10-12-24(13-11-23)38-30(40)26-15-9-22(17-28(26)32(38)42)36(46)50-18-49-34(44)20-6-4-19(5-7-20)33(43)47-2/h4-17H,3,18H2,1-2H3. The lowest BCUT2D eigenvalue weighted by molar-refractivity contribution is -0.0168. The Kier molecular flexibility index (Phi) is 8.75. The van der Waals surface area contributed by atoms with Gasteiger partial charge in [-0.1, -0.05) is 0 Å². The lowest BCUT2D eigenvalue weighted by atomic mass is 10.1. The van der Waals surface area contributed by atoms with E-state index in [1.807, 2.05) is 0 Å². The van der Waals surface area contributed by atoms with E-state index in [4.69, 9.17) is 14.2 Å². The number of benzene rings is 4. The zero-order valence-corrected chi connectivity index (χ0v) is 26.3. The maximum absolute atomic E-state index is 13.4. The first-order valence-electron chi connectivity index (χ1n) is 14.9. The second-order valence-corrected chi connectivity index (χ2v) is 10.7. The van der Waals surface area contributed by atoms with Crippen LogP contribution in [0.3, 0.4) is 0 Å². The van der Waals surface area contributed by atoms with Crippen LogP contribution in [0, 0.1) is 0 Å². The van der Waals surface area contributed by atoms with Crippen LogP contribution in [0.5, 0.6) is 0 Å². The van der Waals surface area contributed by atoms with Crippen LogP contribution in [0.25, 0.3) is 0 Å². The molecule has 0 aliphatic carbocycles. The fourth-order valence-electron chi connectivity index (χ4n) is 5.33. The Bertz CT molecular complexity index is 2140. The number of methoxy groups -OCH3 is 1. The summed E-state index contributed by atoms with van der Waals surface area (Å²) in [5, 5.41) is 0. The molecule has 6 rings (SSSR count). The minimum Gasteiger partial charge on any atom is -0.465 e. The first-order valence-corrected chi connectivity index (χ1v) is 14.9. The molecule has 4 amide bonds. The minimum absolute atomic E-state index is 0.0233. The molecule has 0 atom stereocenters. The number of nitrogens with zero attached hydrogens (tertiary/aromatic N) is 2. The SMILES string of the molecule is CCOC(=O)c1ccc2c(c1)C(=O)N(c1ccc(N3C(=O)c4ccc(C(=O)OCOC(=O)c5ccc(C(=O)OC)cc5)cc4C3=O)cc1)C2=O. The van der Waals surface area contributed by atoms with Gasteiger partial charge in [-0.3, -0.25) is 19.2 Å². The van der Waals surface area contributed by atoms with Crippen molar-refractivity contribution < 1.29 is 57.3 Å². The van der Waals surface area contributed by atoms with Gasteiger partial charge < -0.3 is 18.9 Å². The predicted octanol–water partition coefficient (Wildman–Crippen LogP) is 4.22. The van der Waals surface area contributed by atoms with Crippen LogP contribution in [0.2, 0.25) is 0 Å². The monoisotopic (exact) mass is 676 g/mol. The lowest BCUT2D eigenvalue weighted by Gasteiger charge is -2.17. The highest BCUT2D eigenvalue weighted by atomic mass is 16.7. The van der Waals surface area contributed by atoms with Crippen molar-refractivity contribution in [2.24, 2.45) is 0 Å². The molecule has 0 bridgehead atoms. The molecule has 0 fully saturated rings. The van der Waals surface area contributed by atoms with E-state index < -0.39 is 54.3 Å². The molecule has 0 aromatic heterocycles. The molecule has 0 spiro atoms. The largest absolute Gasteiger partial charge is 0.465 e. The second kappa shape index (κ2) is 13.3. The number of ether oxygens (including phenoxy) is 4. The van der Waals surface area contributed by atoms with E-state index in [-0.39, 0.29) is 62.5 Å². The van der Waals surface area contributed by atoms with Gasteiger partial charge in [-0.15, -0.1) is 0 Å². The number of hydrogen-bond acceptors (Lipinski definition) is 12. The molecular formula is C36H24N2O12. The van der Waals surface area contributed by atoms with Crippen molar-refractivity contribution >= 4 is 58.9 Å². The van der Waals surface area contributed by atoms with Gasteiger partial charge in [0, 0.05) is 0 Å². The van der Waals surface area contributed by atoms with Gasteiger partial charge in [-0.25, -0.2) is 29.0 Å². The molecule has 50 heavy (non-hydrogen) atoms. The van der Waals surface area contributed by atoms with Crippen molar-refractivity contribution in [1.82, 2.24) is 0 Å². The van der Waals surface area contributed by atoms with Crippen molar-refractivity contribution in [3.05, 3.63) is 129 Å². The average molecular weight is 677 g/mol. The Labute approximate surface area is 282 Å². The quantitative estimate of drug-likeness (QED) is 0.107. The predicted molar refractivity (Wildman–Crippen MR) is 171 cm³/mol. The van der Waals surface area contributed by atoms with E-state index in [0.717, 1.165) is 9.80 Å². The number of carbonyl (C=O) groups is 8. The van der Waals surface area contributed by atoms with Crippen LogP contribution in [0.4, 0.5) is 11.4 Å². The highest BCUT2D eigenvalue weighted by Gasteiger charge is 2.39. The first kappa shape index (κ1) is 33.0. The third kappa shape index (κ3) is 5.85. The van der Waals surface area contributed by atoms with Gasteiger partial charge in [-0.05, 0) is 91.9 Å². The van der Waals surface area contributed by atoms with Gasteiger partial charge in [0.05, 0.1) is 69.6 Å². The molecule has 0 radical (unpaired) electrons. The summed E-state index contributed by atoms with van der Waals surface area (Å²) < 4.78 is 19.6. The van der Waals surface area contributed by atoms with Crippen molar-refractivity contribution in [1.29, 1.82) is 0 Å². The van der Waals surface area contributed by atoms with Gasteiger partial charge in [0.2, 0.25) is 6.79 Å². The normalized spacial score (nSPS) is 13.2. The maximum atomic E-state index is 13.4. The molecule has 0 saturated heterocycles. The van der Waals surface area contributed by atoms with E-state index in [1.54, 1.807) is 6.92 Å². The summed E-state index contributed by atoms with van der Waals surface area (Å²) in [5.41, 5.74) is 0.740. The number of fused-ring (bicyclic) bond motifs is 2. The number of amides is 4. The van der Waals surface area contributed by atoms with Crippen molar-refractivity contribution in [3.8, 4) is 0 Å². The van der Waals surface area contributed by atoms with Crippen molar-refractivity contribution in [2.45, 2.75) is 6.92 Å². The summed E-state index contributed by atoms with van der Waals surface area (Å²) in [5.74, 6) is -5.64. The van der Waals surface area contributed by atoms with Crippen molar-refractivity contribution in [2.75, 3.05) is 30.3 Å². The highest BCUT2D eigenvalue weighted by Crippen LogP contribution is 2.33. The van der Waals surface area contributed by atoms with Gasteiger partial charge in [0.25, 0.3) is 23.6 Å². The molecule has 14 heteroatoms. The number of imide groups is 2. The molecule has 2 aliphatic heterocycles. The summed E-state index contributed by atoms with van der Waals surface area (Å²) in [4.78, 5) is 103. The Hall–Kier alpha value is -6.96. The van der Waals surface area contributed by atoms with Crippen LogP contribution < -0.4 is 9.80 Å². The van der Waals surface area contributed by atoms with E-state index in [1.165, 1.54) is 92.0 Å². The van der Waals surface area contributed by atoms with Crippen LogP contribution >= 0.6 is 0 Å². The summed E-state index contributed by atoms with van der Waals surface area (Å²) in [6.07, 6.45) is 0. The zero-order chi connectivity index (χ0) is 35.7. The lowest BCUT2D eigenvalue weighted by Crippen LogP contribution is -2.30. The molecular weight excluding hydrogens is 652 g/mol. The molecule has 0 unspecified atom stereocenters. The van der Waals surface area contributed by atoms with Gasteiger partial charge in [0.15, 0.2) is 0 Å². The Morgan fingerprint density at radius 3 is 1.26 bits per heavy atom. The number of hydrogen-bond donors (Lipinski definition) is 0. The smallest absolute Gasteiger partial charge is 0.341 e. The topological polar surface area (TPSA) is 180 Å². The molecule has 2 aliphatic rings. The fourth-order valence-corrected chi connectivity index (χ4v) is 5.33. The van der Waals surface area contributed by atoms with Crippen LogP contribution in [-0.2, 0) is 18.9 Å². The molecule has 250 valence electrons. The number of esters is 4. The van der Waals surface area contributed by atoms with Crippen molar-refractivity contribution in [3.63, 3.8) is 0 Å². The molecule has 0 saturated carbocycles. The summed E-state index contributed by atoms with van der Waals surface area (Å²) in [6, 6.07) is 18.8. The number of anilines is 2. The van der Waals surface area contributed by atoms with Gasteiger partial charge in [0.1, 0.15) is 0 Å². The van der Waals surface area contributed by atoms with E-state index >= 15 is 0 Å². The van der Waals surface area contributed by atoms with Crippen LogP contribution in [0.15, 0.2) is 84.9 Å². The van der Waals surface area contributed by atoms with Crippen LogP contribution in [-0.4, -0.2) is 68.0 Å². The molecule has 0 N–H and O–H groups in total. The Balaban J connectivity index is 1.11. The first-order chi connectivity index (χ1) is 24.0. The molecule has 4 aromatic carbocycles. The molecule has 2 heterocycles. The van der Waals surface area contributed by atoms with Gasteiger partial charge >= 0.3 is 23.9 Å². The van der Waals surface area contributed by atoms with Crippen LogP contribution in [0.1, 0.15) is 89.8 Å². The fraction of sp³-hybridized carbons (Fsp3) is 0.111. The van der Waals surface area contributed by atoms with E-state index in [9.17, 15) is 38.4 Å². The van der Waals surface area contributed by atoms with E-state index in [2.05, 4.69) is 4.74 Å². The molecule has 14 nitrogen and oxygen atoms in total. The average Bonchev–Trinajstić information content (AvgIpc) is 3.54. The van der Waals surface area contributed by atoms with Gasteiger partial charge in [-0.2, -0.15) is 0 Å². The highest BCUT2D eigenvalue weighted by molar-refractivity contribution is 6.36. The zero-order valence-electron chi connectivity index (χ0n) is 26.3. The summed E-state index contributed by atoms with van der Waals surface area (Å²) in [7, 11) is 1.22. The maximum Gasteiger partial charge on any atom is 0.341 e. The molecule has 4 aromatic rings. The second-order valence-electron chi connectivity index (χ2n) is 10.7. The summed E-state index contributed by atoms with van der Waals surface area (Å²) >= 11 is 0.